The Labute approximate surface area is 81.8 Å². The lowest BCUT2D eigenvalue weighted by atomic mass is 10.6. The minimum absolute atomic E-state index is 0.215. The monoisotopic (exact) mass is 219 g/mol. The summed E-state index contributed by atoms with van der Waals surface area (Å²) in [6, 6.07) is 1.35. The molecule has 0 amide bonds. The van der Waals surface area contributed by atoms with Gasteiger partial charge in [0.2, 0.25) is 0 Å². The summed E-state index contributed by atoms with van der Waals surface area (Å²) in [6.07, 6.45) is 1.10. The predicted molar refractivity (Wildman–Crippen MR) is 65.2 cm³/mol. The molecule has 1 radical (unpaired) electrons. The molecule has 0 aromatic carbocycles. The average molecular weight is 220 g/mol. The van der Waals surface area contributed by atoms with Crippen molar-refractivity contribution in [2.24, 2.45) is 0 Å². The lowest BCUT2D eigenvalue weighted by Gasteiger charge is -2.26. The number of hydrogen-bond acceptors (Lipinski definition) is 1. The Morgan fingerprint density at radius 3 is 2.00 bits per heavy atom. The molecule has 0 atom stereocenters. The maximum absolute atomic E-state index is 6.06. The summed E-state index contributed by atoms with van der Waals surface area (Å²) in [4.78, 5) is 0. The predicted octanol–water partition coefficient (Wildman–Crippen LogP) is 2.35. The van der Waals surface area contributed by atoms with E-state index in [1.165, 1.54) is 6.04 Å². The van der Waals surface area contributed by atoms with Crippen molar-refractivity contribution in [3.8, 4) is 0 Å². The molecule has 0 aromatic heterocycles. The molecule has 0 aliphatic rings. The van der Waals surface area contributed by atoms with Gasteiger partial charge in [0.05, 0.1) is 7.59 Å². The zero-order chi connectivity index (χ0) is 9.83. The Balaban J connectivity index is 3.75. The molecule has 1 nitrogen and oxygen atoms in total. The van der Waals surface area contributed by atoms with Crippen LogP contribution in [0, 0.1) is 6.92 Å². The fraction of sp³-hybridized carbons (Fsp3) is 0.875. The Hall–Kier alpha value is 0.611. The third kappa shape index (κ3) is 7.27. The van der Waals surface area contributed by atoms with Gasteiger partial charge in [0.1, 0.15) is 9.28 Å². The Kier molecular flexibility index (Phi) is 4.98. The van der Waals surface area contributed by atoms with Gasteiger partial charge < -0.3 is 4.12 Å². The van der Waals surface area contributed by atoms with E-state index < -0.39 is 15.9 Å². The van der Waals surface area contributed by atoms with Crippen LogP contribution in [0.15, 0.2) is 0 Å². The second-order valence-electron chi connectivity index (χ2n) is 5.17. The first kappa shape index (κ1) is 12.6. The van der Waals surface area contributed by atoms with Crippen LogP contribution in [0.5, 0.6) is 0 Å². The molecule has 12 heavy (non-hydrogen) atoms. The smallest absolute Gasteiger partial charge is 0.169 e. The average Bonchev–Trinajstić information content (AvgIpc) is 1.83. The molecule has 4 heteroatoms. The van der Waals surface area contributed by atoms with Gasteiger partial charge >= 0.3 is 0 Å². The normalized spacial score (nSPS) is 14.5. The third-order valence-corrected chi connectivity index (χ3v) is 13.0. The highest BCUT2D eigenvalue weighted by molar-refractivity contribution is 7.22. The summed E-state index contributed by atoms with van der Waals surface area (Å²) in [6.45, 7) is 15.7. The maximum atomic E-state index is 6.06. The first-order chi connectivity index (χ1) is 5.27. The molecule has 0 aromatic rings. The molecule has 0 saturated heterocycles. The van der Waals surface area contributed by atoms with E-state index >= 15 is 0 Å². The highest BCUT2D eigenvalue weighted by atomic mass is 29.2. The van der Waals surface area contributed by atoms with E-state index in [2.05, 4.69) is 39.7 Å². The standard InChI is InChI=1S/C8H23OSi3/c1-7-8-12(5,6)10-9-11(2,3)4/h1,7-8,10H2,2-6H3. The van der Waals surface area contributed by atoms with Crippen LogP contribution in [0.1, 0.15) is 6.42 Å². The Morgan fingerprint density at radius 2 is 1.67 bits per heavy atom. The molecule has 0 heterocycles. The number of hydrogen-bond donors (Lipinski definition) is 0. The molecular weight excluding hydrogens is 196 g/mol. The van der Waals surface area contributed by atoms with Crippen LogP contribution in [0.4, 0.5) is 0 Å². The summed E-state index contributed by atoms with van der Waals surface area (Å²) in [5.41, 5.74) is 0. The molecule has 73 valence electrons. The lowest BCUT2D eigenvalue weighted by molar-refractivity contribution is 0.610. The lowest BCUT2D eigenvalue weighted by Crippen LogP contribution is -2.42. The van der Waals surface area contributed by atoms with Gasteiger partial charge in [-0.2, -0.15) is 0 Å². The summed E-state index contributed by atoms with van der Waals surface area (Å²) in [7, 11) is -2.36. The second kappa shape index (κ2) is 4.74. The minimum Gasteiger partial charge on any atom is -0.463 e. The van der Waals surface area contributed by atoms with Crippen LogP contribution in [-0.2, 0) is 4.12 Å². The van der Waals surface area contributed by atoms with Gasteiger partial charge in [-0.25, -0.2) is 0 Å². The van der Waals surface area contributed by atoms with Gasteiger partial charge in [0, 0.05) is 0 Å². The highest BCUT2D eigenvalue weighted by Crippen LogP contribution is 2.12. The van der Waals surface area contributed by atoms with Crippen LogP contribution in [0.3, 0.4) is 0 Å². The third-order valence-electron chi connectivity index (χ3n) is 1.75. The first-order valence-electron chi connectivity index (χ1n) is 4.70. The summed E-state index contributed by atoms with van der Waals surface area (Å²) < 4.78 is 6.06. The van der Waals surface area contributed by atoms with Crippen LogP contribution >= 0.6 is 0 Å². The molecule has 0 spiro atoms. The first-order valence-corrected chi connectivity index (χ1v) is 14.2. The van der Waals surface area contributed by atoms with Crippen molar-refractivity contribution >= 4 is 25.2 Å². The van der Waals surface area contributed by atoms with E-state index in [0.717, 1.165) is 6.42 Å². The summed E-state index contributed by atoms with van der Waals surface area (Å²) >= 11 is 0. The number of rotatable bonds is 5. The van der Waals surface area contributed by atoms with Crippen molar-refractivity contribution in [3.05, 3.63) is 6.92 Å². The van der Waals surface area contributed by atoms with E-state index in [1.807, 2.05) is 0 Å². The van der Waals surface area contributed by atoms with Crippen molar-refractivity contribution in [3.63, 3.8) is 0 Å². The van der Waals surface area contributed by atoms with E-state index in [-0.39, 0.29) is 9.28 Å². The SMILES string of the molecule is [CH2]CC[Si](C)(C)[SiH2]O[Si](C)(C)C. The Bertz CT molecular complexity index is 129. The van der Waals surface area contributed by atoms with Crippen LogP contribution in [0.2, 0.25) is 38.8 Å². The van der Waals surface area contributed by atoms with Crippen LogP contribution < -0.4 is 0 Å². The fourth-order valence-corrected chi connectivity index (χ4v) is 14.0. The van der Waals surface area contributed by atoms with E-state index in [4.69, 9.17) is 4.12 Å². The van der Waals surface area contributed by atoms with Gasteiger partial charge in [0.15, 0.2) is 8.32 Å². The van der Waals surface area contributed by atoms with Crippen molar-refractivity contribution in [2.45, 2.75) is 45.2 Å². The van der Waals surface area contributed by atoms with Crippen molar-refractivity contribution in [1.29, 1.82) is 0 Å². The molecular formula is C8H23OSi3. The molecule has 0 bridgehead atoms. The van der Waals surface area contributed by atoms with Gasteiger partial charge in [-0.1, -0.05) is 32.5 Å². The maximum Gasteiger partial charge on any atom is 0.169 e. The molecule has 0 aliphatic heterocycles. The molecule has 0 fully saturated rings. The summed E-state index contributed by atoms with van der Waals surface area (Å²) in [5, 5.41) is 0. The van der Waals surface area contributed by atoms with Gasteiger partial charge in [0.25, 0.3) is 0 Å². The molecule has 0 saturated carbocycles. The van der Waals surface area contributed by atoms with E-state index in [9.17, 15) is 0 Å². The zero-order valence-corrected chi connectivity index (χ0v) is 12.7. The van der Waals surface area contributed by atoms with E-state index in [0.29, 0.717) is 0 Å². The zero-order valence-electron chi connectivity index (χ0n) is 9.24. The highest BCUT2D eigenvalue weighted by Gasteiger charge is 2.24. The fourth-order valence-electron chi connectivity index (χ4n) is 0.963. The van der Waals surface area contributed by atoms with Gasteiger partial charge in [-0.15, -0.1) is 0 Å². The molecule has 0 N–H and O–H groups in total. The minimum atomic E-state index is -1.22. The largest absolute Gasteiger partial charge is 0.463 e. The second-order valence-corrected chi connectivity index (χ2v) is 22.3. The van der Waals surface area contributed by atoms with Gasteiger partial charge in [-0.05, 0) is 19.6 Å². The molecule has 0 rings (SSSR count). The summed E-state index contributed by atoms with van der Waals surface area (Å²) in [5.74, 6) is 0. The van der Waals surface area contributed by atoms with Crippen molar-refractivity contribution < 1.29 is 4.12 Å². The molecule has 0 unspecified atom stereocenters. The van der Waals surface area contributed by atoms with Crippen molar-refractivity contribution in [1.82, 2.24) is 0 Å². The quantitative estimate of drug-likeness (QED) is 0.645. The van der Waals surface area contributed by atoms with Crippen LogP contribution in [0.25, 0.3) is 0 Å². The molecule has 0 aliphatic carbocycles. The van der Waals surface area contributed by atoms with E-state index in [1.54, 1.807) is 0 Å². The topological polar surface area (TPSA) is 9.23 Å². The van der Waals surface area contributed by atoms with Crippen LogP contribution in [-0.4, -0.2) is 25.2 Å². The van der Waals surface area contributed by atoms with Gasteiger partial charge in [-0.3, -0.25) is 0 Å². The van der Waals surface area contributed by atoms with Crippen molar-refractivity contribution in [2.75, 3.05) is 0 Å². The Morgan fingerprint density at radius 1 is 1.17 bits per heavy atom.